The monoisotopic (exact) mass is 305 g/mol. The summed E-state index contributed by atoms with van der Waals surface area (Å²) in [7, 11) is 0. The van der Waals surface area contributed by atoms with Gasteiger partial charge in [0.1, 0.15) is 5.82 Å². The minimum Gasteiger partial charge on any atom is -0.389 e. The maximum absolute atomic E-state index is 13.0. The lowest BCUT2D eigenvalue weighted by Gasteiger charge is -2.32. The fraction of sp³-hybridized carbons (Fsp3) is 0.600. The van der Waals surface area contributed by atoms with Gasteiger partial charge in [-0.05, 0) is 30.5 Å². The Labute approximate surface area is 121 Å². The van der Waals surface area contributed by atoms with Gasteiger partial charge in [0, 0.05) is 13.1 Å². The molecule has 0 amide bonds. The van der Waals surface area contributed by atoms with Gasteiger partial charge in [-0.15, -0.1) is 0 Å². The van der Waals surface area contributed by atoms with Crippen molar-refractivity contribution in [2.75, 3.05) is 6.54 Å². The van der Waals surface area contributed by atoms with Gasteiger partial charge in [0.15, 0.2) is 0 Å². The van der Waals surface area contributed by atoms with E-state index in [1.54, 1.807) is 0 Å². The van der Waals surface area contributed by atoms with E-state index in [1.807, 2.05) is 0 Å². The SMILES string of the molecule is OC1(CNCc2ccc(F)cc2C(F)(F)F)CCCCC1. The molecule has 21 heavy (non-hydrogen) atoms. The predicted octanol–water partition coefficient (Wildman–Crippen LogP) is 3.63. The Kier molecular flexibility index (Phi) is 4.88. The molecule has 0 aliphatic heterocycles. The van der Waals surface area contributed by atoms with Crippen molar-refractivity contribution >= 4 is 0 Å². The number of aliphatic hydroxyl groups is 1. The zero-order valence-electron chi connectivity index (χ0n) is 11.6. The second kappa shape index (κ2) is 6.32. The van der Waals surface area contributed by atoms with Gasteiger partial charge in [-0.25, -0.2) is 4.39 Å². The van der Waals surface area contributed by atoms with Crippen LogP contribution >= 0.6 is 0 Å². The van der Waals surface area contributed by atoms with E-state index in [9.17, 15) is 22.7 Å². The van der Waals surface area contributed by atoms with Crippen LogP contribution in [0.4, 0.5) is 17.6 Å². The molecule has 118 valence electrons. The Morgan fingerprint density at radius 2 is 1.81 bits per heavy atom. The molecule has 1 fully saturated rings. The van der Waals surface area contributed by atoms with Gasteiger partial charge in [0.25, 0.3) is 0 Å². The molecule has 0 radical (unpaired) electrons. The molecule has 0 spiro atoms. The van der Waals surface area contributed by atoms with Crippen molar-refractivity contribution in [3.8, 4) is 0 Å². The number of rotatable bonds is 4. The first-order chi connectivity index (χ1) is 9.80. The summed E-state index contributed by atoms with van der Waals surface area (Å²) in [5.41, 5.74) is -1.81. The van der Waals surface area contributed by atoms with Crippen LogP contribution in [-0.4, -0.2) is 17.3 Å². The molecular weight excluding hydrogens is 286 g/mol. The van der Waals surface area contributed by atoms with E-state index in [1.165, 1.54) is 0 Å². The van der Waals surface area contributed by atoms with Gasteiger partial charge in [-0.1, -0.05) is 25.3 Å². The average Bonchev–Trinajstić information content (AvgIpc) is 2.40. The molecule has 0 atom stereocenters. The summed E-state index contributed by atoms with van der Waals surface area (Å²) in [6, 6.07) is 2.66. The van der Waals surface area contributed by atoms with Crippen molar-refractivity contribution in [3.05, 3.63) is 35.1 Å². The van der Waals surface area contributed by atoms with Crippen LogP contribution in [0.15, 0.2) is 18.2 Å². The summed E-state index contributed by atoms with van der Waals surface area (Å²) >= 11 is 0. The van der Waals surface area contributed by atoms with Gasteiger partial charge < -0.3 is 10.4 Å². The highest BCUT2D eigenvalue weighted by Crippen LogP contribution is 2.33. The molecule has 2 N–H and O–H groups in total. The molecule has 1 aliphatic carbocycles. The zero-order valence-corrected chi connectivity index (χ0v) is 11.6. The Hall–Kier alpha value is -1.14. The van der Waals surface area contributed by atoms with E-state index in [-0.39, 0.29) is 18.7 Å². The predicted molar refractivity (Wildman–Crippen MR) is 71.1 cm³/mol. The summed E-state index contributed by atoms with van der Waals surface area (Å²) in [6.45, 7) is 0.207. The number of halogens is 4. The lowest BCUT2D eigenvalue weighted by atomic mass is 9.85. The molecule has 0 aromatic heterocycles. The fourth-order valence-electron chi connectivity index (χ4n) is 2.78. The molecular formula is C15H19F4NO. The van der Waals surface area contributed by atoms with Crippen LogP contribution in [-0.2, 0) is 12.7 Å². The molecule has 1 aromatic rings. The van der Waals surface area contributed by atoms with E-state index in [0.717, 1.165) is 31.4 Å². The van der Waals surface area contributed by atoms with Crippen molar-refractivity contribution in [3.63, 3.8) is 0 Å². The minimum absolute atomic E-state index is 0.0108. The van der Waals surface area contributed by atoms with E-state index in [4.69, 9.17) is 0 Å². The van der Waals surface area contributed by atoms with Gasteiger partial charge in [0.2, 0.25) is 0 Å². The van der Waals surface area contributed by atoms with Crippen LogP contribution < -0.4 is 5.32 Å². The molecule has 1 aliphatic rings. The second-order valence-electron chi connectivity index (χ2n) is 5.69. The van der Waals surface area contributed by atoms with Crippen LogP contribution in [0.1, 0.15) is 43.2 Å². The largest absolute Gasteiger partial charge is 0.416 e. The summed E-state index contributed by atoms with van der Waals surface area (Å²) in [5, 5.41) is 13.1. The average molecular weight is 305 g/mol. The third-order valence-electron chi connectivity index (χ3n) is 3.93. The topological polar surface area (TPSA) is 32.3 Å². The summed E-state index contributed by atoms with van der Waals surface area (Å²) < 4.78 is 51.5. The quantitative estimate of drug-likeness (QED) is 0.833. The molecule has 6 heteroatoms. The highest BCUT2D eigenvalue weighted by atomic mass is 19.4. The first kappa shape index (κ1) is 16.2. The Balaban J connectivity index is 2.00. The number of hydrogen-bond donors (Lipinski definition) is 2. The Morgan fingerprint density at radius 3 is 2.43 bits per heavy atom. The first-order valence-electron chi connectivity index (χ1n) is 7.09. The first-order valence-corrected chi connectivity index (χ1v) is 7.09. The van der Waals surface area contributed by atoms with Crippen LogP contribution in [0.2, 0.25) is 0 Å². The fourth-order valence-corrected chi connectivity index (χ4v) is 2.78. The van der Waals surface area contributed by atoms with Gasteiger partial charge >= 0.3 is 6.18 Å². The standard InChI is InChI=1S/C15H19F4NO/c16-12-5-4-11(13(8-12)15(17,18)19)9-20-10-14(21)6-2-1-3-7-14/h4-5,8,20-21H,1-3,6-7,9-10H2. The third-order valence-corrected chi connectivity index (χ3v) is 3.93. The molecule has 0 unspecified atom stereocenters. The minimum atomic E-state index is -4.58. The maximum atomic E-state index is 13.0. The van der Waals surface area contributed by atoms with Crippen molar-refractivity contribution in [1.82, 2.24) is 5.32 Å². The summed E-state index contributed by atoms with van der Waals surface area (Å²) in [4.78, 5) is 0. The normalized spacial score (nSPS) is 18.7. The van der Waals surface area contributed by atoms with Crippen LogP contribution in [0.3, 0.4) is 0 Å². The summed E-state index contributed by atoms with van der Waals surface area (Å²) in [5.74, 6) is -0.906. The number of benzene rings is 1. The molecule has 0 saturated heterocycles. The van der Waals surface area contributed by atoms with Crippen molar-refractivity contribution in [2.45, 2.75) is 50.4 Å². The van der Waals surface area contributed by atoms with E-state index < -0.39 is 23.2 Å². The number of nitrogens with one attached hydrogen (secondary N) is 1. The van der Waals surface area contributed by atoms with Crippen molar-refractivity contribution < 1.29 is 22.7 Å². The highest BCUT2D eigenvalue weighted by Gasteiger charge is 2.34. The van der Waals surface area contributed by atoms with Crippen LogP contribution in [0, 0.1) is 5.82 Å². The van der Waals surface area contributed by atoms with E-state index >= 15 is 0 Å². The van der Waals surface area contributed by atoms with E-state index in [2.05, 4.69) is 5.32 Å². The van der Waals surface area contributed by atoms with Crippen molar-refractivity contribution in [1.29, 1.82) is 0 Å². The lowest BCUT2D eigenvalue weighted by Crippen LogP contribution is -2.42. The maximum Gasteiger partial charge on any atom is 0.416 e. The highest BCUT2D eigenvalue weighted by molar-refractivity contribution is 5.30. The molecule has 2 nitrogen and oxygen atoms in total. The lowest BCUT2D eigenvalue weighted by molar-refractivity contribution is -0.138. The van der Waals surface area contributed by atoms with Gasteiger partial charge in [-0.3, -0.25) is 0 Å². The van der Waals surface area contributed by atoms with Gasteiger partial charge in [-0.2, -0.15) is 13.2 Å². The number of alkyl halides is 3. The Morgan fingerprint density at radius 1 is 1.14 bits per heavy atom. The molecule has 2 rings (SSSR count). The van der Waals surface area contributed by atoms with Gasteiger partial charge in [0.05, 0.1) is 11.2 Å². The van der Waals surface area contributed by atoms with Crippen LogP contribution in [0.25, 0.3) is 0 Å². The molecule has 0 bridgehead atoms. The summed E-state index contributed by atoms with van der Waals surface area (Å²) in [6.07, 6.45) is -0.310. The molecule has 1 saturated carbocycles. The molecule has 1 aromatic carbocycles. The van der Waals surface area contributed by atoms with Crippen LogP contribution in [0.5, 0.6) is 0 Å². The number of hydrogen-bond acceptors (Lipinski definition) is 2. The second-order valence-corrected chi connectivity index (χ2v) is 5.69. The Bertz CT molecular complexity index is 481. The smallest absolute Gasteiger partial charge is 0.389 e. The third kappa shape index (κ3) is 4.41. The van der Waals surface area contributed by atoms with E-state index in [0.29, 0.717) is 18.9 Å². The zero-order chi connectivity index (χ0) is 15.5. The molecule has 0 heterocycles. The van der Waals surface area contributed by atoms with Crippen molar-refractivity contribution in [2.24, 2.45) is 0 Å².